The predicted molar refractivity (Wildman–Crippen MR) is 137 cm³/mol. The fourth-order valence-electron chi connectivity index (χ4n) is 6.07. The number of methoxy groups -OCH3 is 1. The maximum atomic E-state index is 14.3. The van der Waals surface area contributed by atoms with Crippen molar-refractivity contribution in [2.45, 2.75) is 38.1 Å². The van der Waals surface area contributed by atoms with Crippen LogP contribution in [0, 0.1) is 5.41 Å². The van der Waals surface area contributed by atoms with Gasteiger partial charge in [0.2, 0.25) is 5.91 Å². The Balaban J connectivity index is 1.60. The molecule has 0 bridgehead atoms. The number of anilines is 1. The SMILES string of the molecule is COc1ccc(N=C2CN(c3ccccc3)C(=O)C3(CCCCC3)C2N2CCN(C)CC2)cc1. The number of aliphatic imine (C=N–C) groups is 1. The number of rotatable bonds is 4. The zero-order valence-corrected chi connectivity index (χ0v) is 20.4. The van der Waals surface area contributed by atoms with Gasteiger partial charge in [0.05, 0.1) is 36.5 Å². The van der Waals surface area contributed by atoms with E-state index in [9.17, 15) is 4.79 Å². The smallest absolute Gasteiger partial charge is 0.235 e. The van der Waals surface area contributed by atoms with Crippen LogP contribution >= 0.6 is 0 Å². The van der Waals surface area contributed by atoms with Gasteiger partial charge in [-0.15, -0.1) is 0 Å². The van der Waals surface area contributed by atoms with Crippen molar-refractivity contribution in [1.82, 2.24) is 9.80 Å². The lowest BCUT2D eigenvalue weighted by Crippen LogP contribution is -2.68. The minimum Gasteiger partial charge on any atom is -0.497 e. The normalized spacial score (nSPS) is 25.1. The molecule has 6 heteroatoms. The van der Waals surface area contributed by atoms with Gasteiger partial charge in [-0.1, -0.05) is 37.5 Å². The molecule has 2 aromatic carbocycles. The first-order valence-electron chi connectivity index (χ1n) is 12.6. The van der Waals surface area contributed by atoms with Gasteiger partial charge in [-0.2, -0.15) is 0 Å². The average Bonchev–Trinajstić information content (AvgIpc) is 2.89. The Morgan fingerprint density at radius 3 is 2.24 bits per heavy atom. The van der Waals surface area contributed by atoms with Crippen LogP contribution in [0.3, 0.4) is 0 Å². The highest BCUT2D eigenvalue weighted by atomic mass is 16.5. The molecule has 1 unspecified atom stereocenters. The lowest BCUT2D eigenvalue weighted by atomic mass is 9.64. The first kappa shape index (κ1) is 23.1. The van der Waals surface area contributed by atoms with Crippen LogP contribution in [0.5, 0.6) is 5.75 Å². The van der Waals surface area contributed by atoms with Gasteiger partial charge in [-0.05, 0) is 56.3 Å². The van der Waals surface area contributed by atoms with Crippen molar-refractivity contribution in [3.8, 4) is 5.75 Å². The van der Waals surface area contributed by atoms with Crippen LogP contribution in [-0.4, -0.2) is 74.3 Å². The van der Waals surface area contributed by atoms with Crippen LogP contribution < -0.4 is 9.64 Å². The van der Waals surface area contributed by atoms with Crippen molar-refractivity contribution in [3.63, 3.8) is 0 Å². The fraction of sp³-hybridized carbons (Fsp3) is 0.500. The highest BCUT2D eigenvalue weighted by molar-refractivity contribution is 6.13. The summed E-state index contributed by atoms with van der Waals surface area (Å²) in [7, 11) is 3.87. The number of piperazine rings is 1. The van der Waals surface area contributed by atoms with E-state index in [4.69, 9.17) is 9.73 Å². The summed E-state index contributed by atoms with van der Waals surface area (Å²) in [6, 6.07) is 18.2. The number of amides is 1. The summed E-state index contributed by atoms with van der Waals surface area (Å²) in [6.07, 6.45) is 5.30. The molecule has 0 radical (unpaired) electrons. The second-order valence-corrected chi connectivity index (χ2v) is 9.99. The third-order valence-corrected chi connectivity index (χ3v) is 7.89. The van der Waals surface area contributed by atoms with Crippen molar-refractivity contribution >= 4 is 23.0 Å². The maximum absolute atomic E-state index is 14.3. The summed E-state index contributed by atoms with van der Waals surface area (Å²) >= 11 is 0. The molecule has 1 saturated carbocycles. The quantitative estimate of drug-likeness (QED) is 0.679. The van der Waals surface area contributed by atoms with Crippen LogP contribution in [0.2, 0.25) is 0 Å². The monoisotopic (exact) mass is 460 g/mol. The van der Waals surface area contributed by atoms with Gasteiger partial charge in [0.25, 0.3) is 0 Å². The molecular weight excluding hydrogens is 424 g/mol. The molecule has 3 fully saturated rings. The molecule has 2 aromatic rings. The molecule has 3 aliphatic rings. The number of likely N-dealkylation sites (N-methyl/N-ethyl adjacent to an activating group) is 1. The number of nitrogens with zero attached hydrogens (tertiary/aromatic N) is 4. The number of benzene rings is 2. The van der Waals surface area contributed by atoms with Gasteiger partial charge >= 0.3 is 0 Å². The maximum Gasteiger partial charge on any atom is 0.235 e. The minimum atomic E-state index is -0.409. The average molecular weight is 461 g/mol. The van der Waals surface area contributed by atoms with Crippen LogP contribution in [-0.2, 0) is 4.79 Å². The summed E-state index contributed by atoms with van der Waals surface area (Å²) < 4.78 is 5.35. The standard InChI is InChI=1S/C28H36N4O2/c1-30-17-19-31(20-18-30)26-25(29-22-11-13-24(34-2)14-12-22)21-32(23-9-5-3-6-10-23)27(33)28(26)15-7-4-8-16-28/h3,5-6,9-14,26H,4,7-8,15-21H2,1-2H3. The molecule has 0 N–H and O–H groups in total. The lowest BCUT2D eigenvalue weighted by molar-refractivity contribution is -0.134. The predicted octanol–water partition coefficient (Wildman–Crippen LogP) is 4.38. The van der Waals surface area contributed by atoms with E-state index in [-0.39, 0.29) is 11.9 Å². The molecule has 6 nitrogen and oxygen atoms in total. The molecule has 2 heterocycles. The fourth-order valence-corrected chi connectivity index (χ4v) is 6.07. The molecule has 1 aliphatic carbocycles. The van der Waals surface area contributed by atoms with E-state index in [1.165, 1.54) is 6.42 Å². The number of hydrogen-bond acceptors (Lipinski definition) is 5. The third kappa shape index (κ3) is 4.37. The lowest BCUT2D eigenvalue weighted by Gasteiger charge is -2.54. The van der Waals surface area contributed by atoms with Crippen LogP contribution in [0.15, 0.2) is 59.6 Å². The molecule has 1 amide bonds. The molecule has 2 aliphatic heterocycles. The molecule has 5 rings (SSSR count). The summed E-state index contributed by atoms with van der Waals surface area (Å²) in [6.45, 7) is 4.54. The zero-order chi connectivity index (χ0) is 23.5. The Morgan fingerprint density at radius 1 is 0.912 bits per heavy atom. The number of carbonyl (C=O) groups excluding carboxylic acids is 1. The molecule has 2 saturated heterocycles. The highest BCUT2D eigenvalue weighted by Crippen LogP contribution is 2.47. The molecule has 34 heavy (non-hydrogen) atoms. The summed E-state index contributed by atoms with van der Waals surface area (Å²) in [5.74, 6) is 1.11. The molecule has 1 spiro atoms. The van der Waals surface area contributed by atoms with Gasteiger partial charge in [0.1, 0.15) is 5.75 Å². The summed E-state index contributed by atoms with van der Waals surface area (Å²) in [4.78, 5) is 26.5. The van der Waals surface area contributed by atoms with E-state index < -0.39 is 5.41 Å². The van der Waals surface area contributed by atoms with E-state index in [1.54, 1.807) is 7.11 Å². The van der Waals surface area contributed by atoms with Crippen molar-refractivity contribution in [3.05, 3.63) is 54.6 Å². The Labute approximate surface area is 203 Å². The Morgan fingerprint density at radius 2 is 1.59 bits per heavy atom. The van der Waals surface area contributed by atoms with Gasteiger partial charge in [-0.3, -0.25) is 14.7 Å². The first-order valence-corrected chi connectivity index (χ1v) is 12.6. The molecule has 1 atom stereocenters. The van der Waals surface area contributed by atoms with Crippen molar-refractivity contribution in [2.24, 2.45) is 10.4 Å². The second kappa shape index (κ2) is 9.88. The van der Waals surface area contributed by atoms with E-state index in [1.807, 2.05) is 47.4 Å². The van der Waals surface area contributed by atoms with E-state index in [0.29, 0.717) is 6.54 Å². The van der Waals surface area contributed by atoms with Crippen molar-refractivity contribution in [1.29, 1.82) is 0 Å². The van der Waals surface area contributed by atoms with Gasteiger partial charge < -0.3 is 14.5 Å². The minimum absolute atomic E-state index is 0.0519. The van der Waals surface area contributed by atoms with E-state index in [0.717, 1.165) is 74.7 Å². The number of carbonyl (C=O) groups is 1. The largest absolute Gasteiger partial charge is 0.497 e. The van der Waals surface area contributed by atoms with Crippen LogP contribution in [0.4, 0.5) is 11.4 Å². The Hall–Kier alpha value is -2.70. The number of hydrogen-bond donors (Lipinski definition) is 0. The van der Waals surface area contributed by atoms with Gasteiger partial charge in [-0.25, -0.2) is 0 Å². The zero-order valence-electron chi connectivity index (χ0n) is 20.4. The topological polar surface area (TPSA) is 48.4 Å². The molecular formula is C28H36N4O2. The second-order valence-electron chi connectivity index (χ2n) is 9.99. The number of ether oxygens (including phenoxy) is 1. The third-order valence-electron chi connectivity index (χ3n) is 7.89. The van der Waals surface area contributed by atoms with Gasteiger partial charge in [0, 0.05) is 31.9 Å². The molecule has 180 valence electrons. The molecule has 0 aromatic heterocycles. The Kier molecular flexibility index (Phi) is 6.70. The van der Waals surface area contributed by atoms with E-state index >= 15 is 0 Å². The Bertz CT molecular complexity index is 1010. The van der Waals surface area contributed by atoms with Crippen LogP contribution in [0.1, 0.15) is 32.1 Å². The summed E-state index contributed by atoms with van der Waals surface area (Å²) in [5, 5.41) is 0. The van der Waals surface area contributed by atoms with Gasteiger partial charge in [0.15, 0.2) is 0 Å². The summed E-state index contributed by atoms with van der Waals surface area (Å²) in [5.41, 5.74) is 2.59. The number of para-hydroxylation sites is 1. The van der Waals surface area contributed by atoms with Crippen molar-refractivity contribution in [2.75, 3.05) is 51.8 Å². The highest BCUT2D eigenvalue weighted by Gasteiger charge is 2.55. The number of piperidine rings is 1. The van der Waals surface area contributed by atoms with E-state index in [2.05, 4.69) is 29.0 Å². The van der Waals surface area contributed by atoms with Crippen LogP contribution in [0.25, 0.3) is 0 Å². The van der Waals surface area contributed by atoms with Crippen molar-refractivity contribution < 1.29 is 9.53 Å². The first-order chi connectivity index (χ1) is 16.6.